The van der Waals surface area contributed by atoms with Gasteiger partial charge in [0.1, 0.15) is 41.8 Å². The summed E-state index contributed by atoms with van der Waals surface area (Å²) in [5.41, 5.74) is 11.7. The number of carbonyl (C=O) groups excluding carboxylic acids is 2. The van der Waals surface area contributed by atoms with Crippen molar-refractivity contribution in [2.24, 2.45) is 15.9 Å². The summed E-state index contributed by atoms with van der Waals surface area (Å²) < 4.78 is 0. The number of nitrogens with two attached hydrogens (primary N) is 2. The summed E-state index contributed by atoms with van der Waals surface area (Å²) in [7, 11) is 0. The molecule has 4 rings (SSSR count). The molecule has 0 saturated carbocycles. The number of nitrogens with zero attached hydrogens (tertiary/aromatic N) is 5. The van der Waals surface area contributed by atoms with Crippen LogP contribution in [-0.4, -0.2) is 102 Å². The molecule has 3 aliphatic rings. The van der Waals surface area contributed by atoms with E-state index in [0.29, 0.717) is 10.7 Å². The van der Waals surface area contributed by atoms with Crippen LogP contribution in [0.25, 0.3) is 0 Å². The van der Waals surface area contributed by atoms with Crippen LogP contribution in [0.3, 0.4) is 0 Å². The lowest BCUT2D eigenvalue weighted by Crippen LogP contribution is -2.71. The molecule has 7 N–H and O–H groups in total. The fourth-order valence-corrected chi connectivity index (χ4v) is 6.87. The smallest absolute Gasteiger partial charge is 0.352 e. The van der Waals surface area contributed by atoms with Gasteiger partial charge in [-0.15, -0.1) is 23.1 Å². The summed E-state index contributed by atoms with van der Waals surface area (Å²) in [6.45, 7) is 1.83. The Morgan fingerprint density at radius 3 is 2.74 bits per heavy atom. The Morgan fingerprint density at radius 1 is 1.33 bits per heavy atom. The van der Waals surface area contributed by atoms with E-state index in [4.69, 9.17) is 21.4 Å². The maximum absolute atomic E-state index is 13.1. The number of aromatic nitrogens is 1. The first-order valence-electron chi connectivity index (χ1n) is 11.4. The molecule has 1 unspecified atom stereocenters. The van der Waals surface area contributed by atoms with Crippen molar-refractivity contribution >= 4 is 74.6 Å². The van der Waals surface area contributed by atoms with Crippen LogP contribution in [0.15, 0.2) is 38.7 Å². The Kier molecular flexibility index (Phi) is 8.66. The number of thioether (sulfide) groups is 2. The molecule has 0 aromatic carbocycles. The highest BCUT2D eigenvalue weighted by atomic mass is 32.2. The van der Waals surface area contributed by atoms with Crippen molar-refractivity contribution in [2.45, 2.75) is 18.3 Å². The second kappa shape index (κ2) is 12.0. The van der Waals surface area contributed by atoms with Gasteiger partial charge >= 0.3 is 11.9 Å². The number of aliphatic imine (C=N–C) groups is 1. The van der Waals surface area contributed by atoms with Crippen LogP contribution in [0.5, 0.6) is 0 Å². The molecule has 2 amide bonds. The van der Waals surface area contributed by atoms with Gasteiger partial charge < -0.3 is 36.7 Å². The Labute approximate surface area is 234 Å². The van der Waals surface area contributed by atoms with Gasteiger partial charge in [0, 0.05) is 23.4 Å². The predicted molar refractivity (Wildman–Crippen MR) is 146 cm³/mol. The summed E-state index contributed by atoms with van der Waals surface area (Å²) in [5, 5.41) is 27.0. The molecule has 2 atom stereocenters. The van der Waals surface area contributed by atoms with E-state index in [2.05, 4.69) is 20.4 Å². The van der Waals surface area contributed by atoms with Crippen LogP contribution >= 0.6 is 34.9 Å². The lowest BCUT2D eigenvalue weighted by molar-refractivity contribution is -0.150. The van der Waals surface area contributed by atoms with Crippen LogP contribution < -0.4 is 16.8 Å². The number of anilines is 1. The summed E-state index contributed by atoms with van der Waals surface area (Å²) >= 11 is 3.54. The fraction of sp³-hybridized carbons (Fsp3) is 0.381. The van der Waals surface area contributed by atoms with Gasteiger partial charge in [-0.25, -0.2) is 14.8 Å². The Morgan fingerprint density at radius 2 is 2.10 bits per heavy atom. The number of thiazole rings is 1. The summed E-state index contributed by atoms with van der Waals surface area (Å²) in [6.07, 6.45) is 1.58. The van der Waals surface area contributed by atoms with E-state index in [1.807, 2.05) is 0 Å². The van der Waals surface area contributed by atoms with E-state index >= 15 is 0 Å². The molecule has 1 aromatic rings. The van der Waals surface area contributed by atoms with E-state index < -0.39 is 35.2 Å². The molecule has 0 aliphatic carbocycles. The normalized spacial score (nSPS) is 21.1. The molecule has 4 heterocycles. The third-order valence-corrected chi connectivity index (χ3v) is 8.63. The van der Waals surface area contributed by atoms with Gasteiger partial charge in [0.05, 0.1) is 0 Å². The highest BCUT2D eigenvalue weighted by Crippen LogP contribution is 2.41. The second-order valence-electron chi connectivity index (χ2n) is 8.13. The first-order chi connectivity index (χ1) is 18.6. The Balaban J connectivity index is 1.48. The Hall–Kier alpha value is -3.77. The minimum atomic E-state index is -1.29. The van der Waals surface area contributed by atoms with Crippen molar-refractivity contribution in [3.63, 3.8) is 0 Å². The van der Waals surface area contributed by atoms with Crippen LogP contribution in [-0.2, 0) is 24.0 Å². The minimum Gasteiger partial charge on any atom is -0.480 e. The topological polar surface area (TPSA) is 226 Å². The van der Waals surface area contributed by atoms with Gasteiger partial charge in [-0.1, -0.05) is 16.9 Å². The maximum Gasteiger partial charge on any atom is 0.352 e. The number of nitrogen functional groups attached to an aromatic ring is 1. The third-order valence-electron chi connectivity index (χ3n) is 5.52. The van der Waals surface area contributed by atoms with Gasteiger partial charge in [-0.2, -0.15) is 0 Å². The number of fused-ring (bicyclic) bond motifs is 1. The summed E-state index contributed by atoms with van der Waals surface area (Å²) in [5.74, 6) is -3.02. The standard InChI is InChI=1S/C21H24N8O7S3/c1-2-36-27-13(10-8-38-20(23)24-10)16(32)26-14-17(33)29-15(19(34)35)9(6-37-18(14)29)7-39-21-25-11(22)3-4-28(21)5-12(30)31/h3,8,14,18H,2,4-7,22H2,1H3,(H2,23,24)(H,26,32)(H,30,31)(H,34,35)/b27-13-/t14?,18-/m0/s1. The number of nitrogens with one attached hydrogen (secondary N) is 1. The fourth-order valence-electron chi connectivity index (χ4n) is 3.81. The molecule has 208 valence electrons. The first kappa shape index (κ1) is 28.2. The SMILES string of the molecule is CCO/N=C(\C(=O)NC1C(=O)N2C(C(=O)O)=C(CSC3=NC(N)=CCN3CC(=O)O)CS[C@@H]12)c1csc(N)n1. The number of carboxylic acids is 2. The van der Waals surface area contributed by atoms with Crippen molar-refractivity contribution in [2.75, 3.05) is 36.9 Å². The van der Waals surface area contributed by atoms with E-state index in [0.717, 1.165) is 28.0 Å². The number of carboxylic acid groups (broad SMARTS) is 2. The second-order valence-corrected chi connectivity index (χ2v) is 11.1. The molecule has 0 radical (unpaired) electrons. The average Bonchev–Trinajstić information content (AvgIpc) is 3.32. The highest BCUT2D eigenvalue weighted by molar-refractivity contribution is 8.14. The van der Waals surface area contributed by atoms with Crippen molar-refractivity contribution in [1.82, 2.24) is 20.1 Å². The number of hydrogen-bond donors (Lipinski definition) is 5. The minimum absolute atomic E-state index is 0.140. The molecule has 1 saturated heterocycles. The number of hydrogen-bond acceptors (Lipinski definition) is 14. The van der Waals surface area contributed by atoms with E-state index in [9.17, 15) is 24.3 Å². The monoisotopic (exact) mass is 596 g/mol. The molecular formula is C21H24N8O7S3. The molecule has 1 fully saturated rings. The maximum atomic E-state index is 13.1. The number of amidine groups is 1. The van der Waals surface area contributed by atoms with Crippen LogP contribution in [0.1, 0.15) is 12.6 Å². The van der Waals surface area contributed by atoms with Crippen LogP contribution in [0, 0.1) is 0 Å². The van der Waals surface area contributed by atoms with Crippen molar-refractivity contribution in [1.29, 1.82) is 0 Å². The highest BCUT2D eigenvalue weighted by Gasteiger charge is 2.54. The predicted octanol–water partition coefficient (Wildman–Crippen LogP) is -0.506. The van der Waals surface area contributed by atoms with Gasteiger partial charge in [-0.3, -0.25) is 19.3 Å². The van der Waals surface area contributed by atoms with Gasteiger partial charge in [-0.05, 0) is 18.6 Å². The quantitative estimate of drug-likeness (QED) is 0.130. The summed E-state index contributed by atoms with van der Waals surface area (Å²) in [4.78, 5) is 65.3. The third kappa shape index (κ3) is 6.12. The largest absolute Gasteiger partial charge is 0.480 e. The molecule has 1 aromatic heterocycles. The van der Waals surface area contributed by atoms with E-state index in [1.54, 1.807) is 13.0 Å². The van der Waals surface area contributed by atoms with Crippen LogP contribution in [0.4, 0.5) is 5.13 Å². The molecular weight excluding hydrogens is 572 g/mol. The number of aliphatic carboxylic acids is 2. The van der Waals surface area contributed by atoms with Gasteiger partial charge in [0.15, 0.2) is 16.0 Å². The number of rotatable bonds is 10. The number of carbonyl (C=O) groups is 4. The van der Waals surface area contributed by atoms with Crippen molar-refractivity contribution in [3.8, 4) is 0 Å². The van der Waals surface area contributed by atoms with E-state index in [1.165, 1.54) is 22.0 Å². The van der Waals surface area contributed by atoms with Crippen LogP contribution in [0.2, 0.25) is 0 Å². The molecule has 39 heavy (non-hydrogen) atoms. The number of amides is 2. The Bertz CT molecular complexity index is 1320. The molecule has 0 spiro atoms. The lowest BCUT2D eigenvalue weighted by Gasteiger charge is -2.49. The number of β-lactam (4-membered cyclic amide) rings is 1. The number of oxime groups is 1. The molecule has 18 heteroatoms. The van der Waals surface area contributed by atoms with Crippen molar-refractivity contribution in [3.05, 3.63) is 34.2 Å². The van der Waals surface area contributed by atoms with Crippen molar-refractivity contribution < 1.29 is 34.2 Å². The first-order valence-corrected chi connectivity index (χ1v) is 14.3. The lowest BCUT2D eigenvalue weighted by atomic mass is 10.0. The van der Waals surface area contributed by atoms with Gasteiger partial charge in [0.2, 0.25) is 0 Å². The molecule has 3 aliphatic heterocycles. The average molecular weight is 597 g/mol. The summed E-state index contributed by atoms with van der Waals surface area (Å²) in [6, 6.07) is -0.993. The molecule has 15 nitrogen and oxygen atoms in total. The molecule has 0 bridgehead atoms. The van der Waals surface area contributed by atoms with E-state index in [-0.39, 0.29) is 59.3 Å². The zero-order valence-corrected chi connectivity index (χ0v) is 22.8. The zero-order chi connectivity index (χ0) is 28.3. The van der Waals surface area contributed by atoms with Gasteiger partial charge in [0.25, 0.3) is 11.8 Å². The zero-order valence-electron chi connectivity index (χ0n) is 20.4.